The topological polar surface area (TPSA) is 41.1 Å². The Morgan fingerprint density at radius 1 is 1.19 bits per heavy atom. The lowest BCUT2D eigenvalue weighted by molar-refractivity contribution is 0.455. The summed E-state index contributed by atoms with van der Waals surface area (Å²) in [5, 5.41) is 3.49. The zero-order valence-electron chi connectivity index (χ0n) is 12.7. The molecule has 4 nitrogen and oxygen atoms in total. The maximum absolute atomic E-state index is 4.85. The van der Waals surface area contributed by atoms with Gasteiger partial charge in [-0.2, -0.15) is 0 Å². The minimum atomic E-state index is 0.468. The van der Waals surface area contributed by atoms with Gasteiger partial charge in [0.15, 0.2) is 0 Å². The molecule has 4 heteroatoms. The average molecular weight is 282 g/mol. The maximum atomic E-state index is 4.85. The number of rotatable bonds is 3. The fraction of sp³-hybridized carbons (Fsp3) is 0.412. The molecule has 0 bridgehead atoms. The summed E-state index contributed by atoms with van der Waals surface area (Å²) in [5.74, 6) is 1.26. The first-order valence-corrected chi connectivity index (χ1v) is 7.56. The van der Waals surface area contributed by atoms with Crippen molar-refractivity contribution < 1.29 is 0 Å². The lowest BCUT2D eigenvalue weighted by Gasteiger charge is -2.25. The molecule has 0 spiro atoms. The zero-order chi connectivity index (χ0) is 14.7. The quantitative estimate of drug-likeness (QED) is 0.939. The van der Waals surface area contributed by atoms with E-state index < -0.39 is 0 Å². The van der Waals surface area contributed by atoms with Crippen LogP contribution in [0.1, 0.15) is 24.5 Å². The highest BCUT2D eigenvalue weighted by atomic mass is 15.2. The summed E-state index contributed by atoms with van der Waals surface area (Å²) in [6.07, 6.45) is 4.37. The van der Waals surface area contributed by atoms with Gasteiger partial charge in [-0.1, -0.05) is 30.3 Å². The zero-order valence-corrected chi connectivity index (χ0v) is 12.7. The molecule has 0 amide bonds. The Hall–Kier alpha value is -1.94. The highest BCUT2D eigenvalue weighted by Crippen LogP contribution is 2.31. The molecular formula is C17H22N4. The first kappa shape index (κ1) is 14.0. The van der Waals surface area contributed by atoms with Crippen molar-refractivity contribution >= 4 is 5.95 Å². The van der Waals surface area contributed by atoms with Crippen molar-refractivity contribution in [2.24, 2.45) is 0 Å². The lowest BCUT2D eigenvalue weighted by Crippen LogP contribution is -2.29. The molecule has 0 aliphatic carbocycles. The summed E-state index contributed by atoms with van der Waals surface area (Å²) in [7, 11) is 3.97. The molecule has 1 aliphatic rings. The van der Waals surface area contributed by atoms with Crippen molar-refractivity contribution in [2.75, 3.05) is 32.1 Å². The minimum Gasteiger partial charge on any atom is -0.347 e. The van der Waals surface area contributed by atoms with Crippen molar-refractivity contribution in [1.82, 2.24) is 15.3 Å². The van der Waals surface area contributed by atoms with Gasteiger partial charge in [-0.15, -0.1) is 0 Å². The number of hydrogen-bond donors (Lipinski definition) is 1. The van der Waals surface area contributed by atoms with Crippen LogP contribution < -0.4 is 10.2 Å². The van der Waals surface area contributed by atoms with Crippen LogP contribution in [-0.4, -0.2) is 37.2 Å². The van der Waals surface area contributed by atoms with Crippen LogP contribution in [-0.2, 0) is 0 Å². The number of nitrogens with one attached hydrogen (secondary N) is 1. The molecule has 2 aromatic rings. The van der Waals surface area contributed by atoms with Gasteiger partial charge in [0.25, 0.3) is 0 Å². The van der Waals surface area contributed by atoms with Crippen LogP contribution in [0.2, 0.25) is 0 Å². The van der Waals surface area contributed by atoms with Gasteiger partial charge in [-0.3, -0.25) is 0 Å². The van der Waals surface area contributed by atoms with Crippen LogP contribution in [0.25, 0.3) is 11.1 Å². The average Bonchev–Trinajstić information content (AvgIpc) is 2.56. The second kappa shape index (κ2) is 6.22. The molecule has 3 rings (SSSR count). The minimum absolute atomic E-state index is 0.468. The van der Waals surface area contributed by atoms with E-state index in [1.165, 1.54) is 24.1 Å². The van der Waals surface area contributed by atoms with E-state index in [2.05, 4.69) is 34.6 Å². The highest BCUT2D eigenvalue weighted by Gasteiger charge is 2.21. The molecule has 1 aromatic heterocycles. The smallest absolute Gasteiger partial charge is 0.225 e. The number of aromatic nitrogens is 2. The molecule has 1 saturated heterocycles. The van der Waals surface area contributed by atoms with Crippen molar-refractivity contribution in [1.29, 1.82) is 0 Å². The second-order valence-electron chi connectivity index (χ2n) is 5.77. The number of nitrogens with zero attached hydrogens (tertiary/aromatic N) is 3. The first-order valence-electron chi connectivity index (χ1n) is 7.56. The number of piperidine rings is 1. The van der Waals surface area contributed by atoms with Crippen LogP contribution in [0, 0.1) is 0 Å². The highest BCUT2D eigenvalue weighted by molar-refractivity contribution is 5.66. The third kappa shape index (κ3) is 3.05. The van der Waals surface area contributed by atoms with Crippen LogP contribution in [0.15, 0.2) is 36.5 Å². The third-order valence-corrected chi connectivity index (χ3v) is 3.97. The Labute approximate surface area is 126 Å². The summed E-state index contributed by atoms with van der Waals surface area (Å²) in [6, 6.07) is 10.4. The SMILES string of the molecule is CN(C)c1ncc(-c2ccccc2)c([C@H]2CCCNC2)n1. The molecule has 21 heavy (non-hydrogen) atoms. The van der Waals surface area contributed by atoms with Crippen LogP contribution in [0.4, 0.5) is 5.95 Å². The Kier molecular flexibility index (Phi) is 4.15. The predicted octanol–water partition coefficient (Wildman–Crippen LogP) is 2.68. The summed E-state index contributed by atoms with van der Waals surface area (Å²) in [5.41, 5.74) is 3.53. The standard InChI is InChI=1S/C17H22N4/c1-21(2)17-19-12-15(13-7-4-3-5-8-13)16(20-17)14-9-6-10-18-11-14/h3-5,7-8,12,14,18H,6,9-11H2,1-2H3/t14-/m0/s1. The fourth-order valence-corrected chi connectivity index (χ4v) is 2.84. The molecule has 1 aliphatic heterocycles. The van der Waals surface area contributed by atoms with Crippen molar-refractivity contribution in [3.63, 3.8) is 0 Å². The van der Waals surface area contributed by atoms with E-state index in [9.17, 15) is 0 Å². The third-order valence-electron chi connectivity index (χ3n) is 3.97. The second-order valence-corrected chi connectivity index (χ2v) is 5.77. The van der Waals surface area contributed by atoms with Gasteiger partial charge in [-0.05, 0) is 24.9 Å². The molecule has 2 heterocycles. The van der Waals surface area contributed by atoms with Crippen LogP contribution in [0.3, 0.4) is 0 Å². The summed E-state index contributed by atoms with van der Waals surface area (Å²) in [6.45, 7) is 2.12. The Morgan fingerprint density at radius 3 is 2.67 bits per heavy atom. The van der Waals surface area contributed by atoms with Crippen molar-refractivity contribution in [2.45, 2.75) is 18.8 Å². The molecule has 110 valence electrons. The molecule has 0 saturated carbocycles. The van der Waals surface area contributed by atoms with Gasteiger partial charge >= 0.3 is 0 Å². The molecule has 1 fully saturated rings. The maximum Gasteiger partial charge on any atom is 0.225 e. The van der Waals surface area contributed by atoms with E-state index in [-0.39, 0.29) is 0 Å². The molecule has 1 aromatic carbocycles. The first-order chi connectivity index (χ1) is 10.3. The molecular weight excluding hydrogens is 260 g/mol. The van der Waals surface area contributed by atoms with Crippen LogP contribution >= 0.6 is 0 Å². The van der Waals surface area contributed by atoms with E-state index in [1.54, 1.807) is 0 Å². The Balaban J connectivity index is 2.05. The van der Waals surface area contributed by atoms with Crippen molar-refractivity contribution in [3.8, 4) is 11.1 Å². The van der Waals surface area contributed by atoms with Gasteiger partial charge in [0, 0.05) is 38.3 Å². The largest absolute Gasteiger partial charge is 0.347 e. The van der Waals surface area contributed by atoms with E-state index in [0.717, 1.165) is 24.6 Å². The lowest BCUT2D eigenvalue weighted by atomic mass is 9.91. The van der Waals surface area contributed by atoms with Crippen molar-refractivity contribution in [3.05, 3.63) is 42.2 Å². The van der Waals surface area contributed by atoms with E-state index in [1.807, 2.05) is 31.3 Å². The molecule has 0 radical (unpaired) electrons. The monoisotopic (exact) mass is 282 g/mol. The number of hydrogen-bond acceptors (Lipinski definition) is 4. The normalized spacial score (nSPS) is 18.5. The van der Waals surface area contributed by atoms with Gasteiger partial charge < -0.3 is 10.2 Å². The van der Waals surface area contributed by atoms with Gasteiger partial charge in [0.05, 0.1) is 5.69 Å². The fourth-order valence-electron chi connectivity index (χ4n) is 2.84. The Bertz CT molecular complexity index is 589. The number of benzene rings is 1. The van der Waals surface area contributed by atoms with Gasteiger partial charge in [0.2, 0.25) is 5.95 Å². The Morgan fingerprint density at radius 2 is 2.00 bits per heavy atom. The summed E-state index contributed by atoms with van der Waals surface area (Å²) >= 11 is 0. The summed E-state index contributed by atoms with van der Waals surface area (Å²) in [4.78, 5) is 11.3. The van der Waals surface area contributed by atoms with E-state index in [0.29, 0.717) is 5.92 Å². The summed E-state index contributed by atoms with van der Waals surface area (Å²) < 4.78 is 0. The number of anilines is 1. The predicted molar refractivity (Wildman–Crippen MR) is 86.6 cm³/mol. The van der Waals surface area contributed by atoms with Gasteiger partial charge in [-0.25, -0.2) is 9.97 Å². The molecule has 1 atom stereocenters. The molecule has 0 unspecified atom stereocenters. The van der Waals surface area contributed by atoms with E-state index >= 15 is 0 Å². The molecule has 1 N–H and O–H groups in total. The van der Waals surface area contributed by atoms with Gasteiger partial charge in [0.1, 0.15) is 0 Å². The van der Waals surface area contributed by atoms with E-state index in [4.69, 9.17) is 4.98 Å². The van der Waals surface area contributed by atoms with Crippen LogP contribution in [0.5, 0.6) is 0 Å².